The molecule has 6 nitrogen and oxygen atoms in total. The summed E-state index contributed by atoms with van der Waals surface area (Å²) in [4.78, 5) is 6.12. The molecule has 2 aromatic rings. The number of fused-ring (bicyclic) bond motifs is 1. The van der Waals surface area contributed by atoms with E-state index in [0.29, 0.717) is 27.8 Å². The van der Waals surface area contributed by atoms with Crippen molar-refractivity contribution in [2.45, 2.75) is 19.4 Å². The van der Waals surface area contributed by atoms with Crippen LogP contribution in [0.15, 0.2) is 53.5 Å². The molecule has 0 radical (unpaired) electrons. The fourth-order valence-corrected chi connectivity index (χ4v) is 3.01. The summed E-state index contributed by atoms with van der Waals surface area (Å²) in [6, 6.07) is 14.5. The highest BCUT2D eigenvalue weighted by Gasteiger charge is 2.36. The van der Waals surface area contributed by atoms with Crippen molar-refractivity contribution >= 4 is 28.8 Å². The van der Waals surface area contributed by atoms with Crippen molar-refractivity contribution in [1.82, 2.24) is 4.90 Å². The largest absolute Gasteiger partial charge is 0.621 e. The minimum Gasteiger partial charge on any atom is -0.621 e. The molecule has 0 saturated carbocycles. The van der Waals surface area contributed by atoms with Gasteiger partial charge in [0.2, 0.25) is 11.5 Å². The van der Waals surface area contributed by atoms with Crippen molar-refractivity contribution in [2.24, 2.45) is 4.99 Å². The molecule has 1 heterocycles. The molecule has 3 rings (SSSR count). The Morgan fingerprint density at radius 1 is 1.27 bits per heavy atom. The van der Waals surface area contributed by atoms with Crippen LogP contribution in [0.1, 0.15) is 18.1 Å². The summed E-state index contributed by atoms with van der Waals surface area (Å²) in [5.74, 6) is 0.312. The van der Waals surface area contributed by atoms with Gasteiger partial charge in [-0.2, -0.15) is 4.74 Å². The van der Waals surface area contributed by atoms with Crippen LogP contribution in [-0.2, 0) is 4.74 Å². The summed E-state index contributed by atoms with van der Waals surface area (Å²) in [6.07, 6.45) is -1.86. The third-order valence-electron chi connectivity index (χ3n) is 4.30. The second kappa shape index (κ2) is 7.45. The Morgan fingerprint density at radius 3 is 2.58 bits per heavy atom. The first kappa shape index (κ1) is 18.4. The number of rotatable bonds is 3. The quantitative estimate of drug-likeness (QED) is 0.510. The number of aliphatic imine (C=N–C) groups is 1. The summed E-state index contributed by atoms with van der Waals surface area (Å²) in [5.41, 5.74) is 2.32. The normalized spacial score (nSPS) is 18.0. The number of hydrogen-bond acceptors (Lipinski definition) is 5. The van der Waals surface area contributed by atoms with Gasteiger partial charge in [0, 0.05) is 24.7 Å². The molecule has 2 atom stereocenters. The second-order valence-corrected chi connectivity index (χ2v) is 6.44. The molecular weight excluding hydrogens is 354 g/mol. The molecule has 0 aromatic heterocycles. The van der Waals surface area contributed by atoms with E-state index < -0.39 is 12.5 Å². The Labute approximate surface area is 157 Å². The van der Waals surface area contributed by atoms with Crippen LogP contribution in [0.2, 0.25) is 5.02 Å². The molecule has 1 aliphatic rings. The van der Waals surface area contributed by atoms with E-state index in [2.05, 4.69) is 4.99 Å². The van der Waals surface area contributed by atoms with E-state index in [9.17, 15) is 10.3 Å². The molecular formula is C19H20ClN3O3. The zero-order valence-corrected chi connectivity index (χ0v) is 15.5. The van der Waals surface area contributed by atoms with Crippen LogP contribution < -0.4 is 0 Å². The average molecular weight is 374 g/mol. The lowest BCUT2D eigenvalue weighted by atomic mass is 10.0. The number of benzene rings is 2. The van der Waals surface area contributed by atoms with Crippen molar-refractivity contribution in [3.8, 4) is 0 Å². The maximum Gasteiger partial charge on any atom is 0.327 e. The van der Waals surface area contributed by atoms with Crippen LogP contribution in [0.3, 0.4) is 0 Å². The third kappa shape index (κ3) is 3.31. The number of hydrogen-bond donors (Lipinski definition) is 1. The monoisotopic (exact) mass is 373 g/mol. The van der Waals surface area contributed by atoms with Gasteiger partial charge >= 0.3 is 6.23 Å². The lowest BCUT2D eigenvalue weighted by molar-refractivity contribution is -0.532. The van der Waals surface area contributed by atoms with Gasteiger partial charge in [-0.25, -0.2) is 4.99 Å². The van der Waals surface area contributed by atoms with Gasteiger partial charge in [-0.05, 0) is 37.3 Å². The van der Waals surface area contributed by atoms with Gasteiger partial charge in [-0.1, -0.05) is 29.8 Å². The summed E-state index contributed by atoms with van der Waals surface area (Å²) in [5, 5.41) is 23.8. The Kier molecular flexibility index (Phi) is 5.27. The van der Waals surface area contributed by atoms with Crippen molar-refractivity contribution in [2.75, 3.05) is 14.2 Å². The van der Waals surface area contributed by atoms with Crippen LogP contribution in [-0.4, -0.2) is 52.9 Å². The molecule has 136 valence electrons. The van der Waals surface area contributed by atoms with Crippen molar-refractivity contribution in [3.05, 3.63) is 69.9 Å². The maximum absolute atomic E-state index is 13.3. The van der Waals surface area contributed by atoms with Crippen LogP contribution in [0.4, 0.5) is 5.69 Å². The molecule has 0 amide bonds. The van der Waals surface area contributed by atoms with E-state index in [-0.39, 0.29) is 0 Å². The zero-order chi connectivity index (χ0) is 18.8. The Morgan fingerprint density at radius 2 is 1.96 bits per heavy atom. The van der Waals surface area contributed by atoms with Gasteiger partial charge in [0.1, 0.15) is 6.23 Å². The molecule has 2 unspecified atom stereocenters. The molecule has 0 bridgehead atoms. The first-order valence-corrected chi connectivity index (χ1v) is 8.52. The van der Waals surface area contributed by atoms with E-state index in [1.54, 1.807) is 32.2 Å². The Bertz CT molecular complexity index is 866. The fourth-order valence-electron chi connectivity index (χ4n) is 2.84. The predicted molar refractivity (Wildman–Crippen MR) is 102 cm³/mol. The molecule has 0 spiro atoms. The number of methoxy groups -OCH3 is 1. The van der Waals surface area contributed by atoms with Gasteiger partial charge < -0.3 is 20.0 Å². The third-order valence-corrected chi connectivity index (χ3v) is 4.53. The van der Waals surface area contributed by atoms with Crippen LogP contribution in [0, 0.1) is 5.21 Å². The Balaban J connectivity index is 2.32. The number of likely N-dealkylation sites (N-methyl/N-ethyl adjacent to an activating group) is 1. The fraction of sp³-hybridized carbons (Fsp3) is 0.263. The Hall–Kier alpha value is -2.41. The number of ether oxygens (including phenoxy) is 1. The smallest absolute Gasteiger partial charge is 0.327 e. The van der Waals surface area contributed by atoms with Gasteiger partial charge in [-0.15, -0.1) is 0 Å². The van der Waals surface area contributed by atoms with E-state index in [1.165, 1.54) is 12.0 Å². The SMILES string of the molecule is COC1C(N(C)C(C)O)=Nc2ccc(Cl)cc2C(c2ccccc2)=[N+]1[O-]. The van der Waals surface area contributed by atoms with Gasteiger partial charge in [0.05, 0.1) is 11.3 Å². The predicted octanol–water partition coefficient (Wildman–Crippen LogP) is 2.97. The summed E-state index contributed by atoms with van der Waals surface area (Å²) in [6.45, 7) is 1.60. The minimum atomic E-state index is -1.02. The zero-order valence-electron chi connectivity index (χ0n) is 14.8. The lowest BCUT2D eigenvalue weighted by Crippen LogP contribution is -2.47. The number of halogens is 1. The molecule has 0 aliphatic carbocycles. The first-order chi connectivity index (χ1) is 12.4. The van der Waals surface area contributed by atoms with Crippen molar-refractivity contribution in [3.63, 3.8) is 0 Å². The topological polar surface area (TPSA) is 71.1 Å². The molecule has 0 fully saturated rings. The van der Waals surface area contributed by atoms with Crippen molar-refractivity contribution in [1.29, 1.82) is 0 Å². The highest BCUT2D eigenvalue weighted by molar-refractivity contribution is 6.31. The highest BCUT2D eigenvalue weighted by atomic mass is 35.5. The van der Waals surface area contributed by atoms with Gasteiger partial charge in [0.15, 0.2) is 0 Å². The maximum atomic E-state index is 13.3. The highest BCUT2D eigenvalue weighted by Crippen LogP contribution is 2.30. The number of hydroxylamine groups is 1. The van der Waals surface area contributed by atoms with Gasteiger partial charge in [0.25, 0.3) is 0 Å². The molecule has 0 saturated heterocycles. The first-order valence-electron chi connectivity index (χ1n) is 8.15. The molecule has 2 aromatic carbocycles. The molecule has 7 heteroatoms. The lowest BCUT2D eigenvalue weighted by Gasteiger charge is -2.27. The van der Waals surface area contributed by atoms with Crippen LogP contribution in [0.5, 0.6) is 0 Å². The van der Waals surface area contributed by atoms with E-state index in [4.69, 9.17) is 16.3 Å². The summed E-state index contributed by atoms with van der Waals surface area (Å²) >= 11 is 6.19. The van der Waals surface area contributed by atoms with E-state index >= 15 is 0 Å². The summed E-state index contributed by atoms with van der Waals surface area (Å²) < 4.78 is 6.23. The molecule has 1 N–H and O–H groups in total. The van der Waals surface area contributed by atoms with Gasteiger partial charge in [-0.3, -0.25) is 0 Å². The molecule has 1 aliphatic heterocycles. The standard InChI is InChI=1S/C19H20ClN3O3/c1-12(24)22(2)18-19(26-3)23(25)17(13-7-5-4-6-8-13)15-11-14(20)9-10-16(15)21-18/h4-12,19,24H,1-3H3. The van der Waals surface area contributed by atoms with Crippen molar-refractivity contribution < 1.29 is 14.6 Å². The second-order valence-electron chi connectivity index (χ2n) is 6.00. The van der Waals surface area contributed by atoms with Crippen LogP contribution in [0.25, 0.3) is 0 Å². The van der Waals surface area contributed by atoms with E-state index in [0.717, 1.165) is 10.3 Å². The number of aliphatic hydroxyl groups excluding tert-OH is 1. The average Bonchev–Trinajstić information content (AvgIpc) is 2.75. The minimum absolute atomic E-state index is 0.312. The van der Waals surface area contributed by atoms with E-state index in [1.807, 2.05) is 30.3 Å². The van der Waals surface area contributed by atoms with Crippen LogP contribution >= 0.6 is 11.6 Å². The number of aliphatic hydroxyl groups is 1. The summed E-state index contributed by atoms with van der Waals surface area (Å²) in [7, 11) is 3.10. The number of nitrogens with zero attached hydrogens (tertiary/aromatic N) is 3. The molecule has 26 heavy (non-hydrogen) atoms. The number of amidine groups is 1.